The lowest BCUT2D eigenvalue weighted by Crippen LogP contribution is -2.31. The zero-order chi connectivity index (χ0) is 15.5. The first kappa shape index (κ1) is 16.1. The van der Waals surface area contributed by atoms with Crippen molar-refractivity contribution in [1.82, 2.24) is 0 Å². The van der Waals surface area contributed by atoms with E-state index >= 15 is 0 Å². The van der Waals surface area contributed by atoms with Crippen molar-refractivity contribution in [1.29, 1.82) is 0 Å². The van der Waals surface area contributed by atoms with Crippen LogP contribution in [0.3, 0.4) is 0 Å². The van der Waals surface area contributed by atoms with Gasteiger partial charge in [0, 0.05) is 0 Å². The quantitative estimate of drug-likeness (QED) is 0.490. The van der Waals surface area contributed by atoms with Gasteiger partial charge in [-0.25, -0.2) is 0 Å². The molecule has 0 amide bonds. The Balaban J connectivity index is 1.44. The van der Waals surface area contributed by atoms with Crippen LogP contribution in [-0.4, -0.2) is 0 Å². The van der Waals surface area contributed by atoms with Crippen molar-refractivity contribution in [2.45, 2.75) is 72.1 Å². The Bertz CT molecular complexity index is 464. The van der Waals surface area contributed by atoms with Gasteiger partial charge in [-0.2, -0.15) is 0 Å². The molecule has 0 aliphatic heterocycles. The van der Waals surface area contributed by atoms with Gasteiger partial charge in [-0.05, 0) is 86.2 Å². The fourth-order valence-electron chi connectivity index (χ4n) is 5.46. The molecule has 0 bridgehead atoms. The van der Waals surface area contributed by atoms with Gasteiger partial charge in [-0.1, -0.05) is 51.0 Å². The molecule has 2 fully saturated rings. The molecule has 22 heavy (non-hydrogen) atoms. The molecule has 122 valence electrons. The molecule has 0 aromatic rings. The first-order valence-electron chi connectivity index (χ1n) is 9.80. The monoisotopic (exact) mass is 298 g/mol. The van der Waals surface area contributed by atoms with Crippen molar-refractivity contribution in [3.05, 3.63) is 35.5 Å². The van der Waals surface area contributed by atoms with Gasteiger partial charge in [0.2, 0.25) is 0 Å². The SMILES string of the molecule is C/C=C1/C=CC(CCCC(CC)C2CC3CC(CC)C3C2)=C1. The lowest BCUT2D eigenvalue weighted by atomic mass is 9.66. The molecule has 0 N–H and O–H groups in total. The lowest BCUT2D eigenvalue weighted by Gasteiger charge is -2.40. The van der Waals surface area contributed by atoms with Crippen LogP contribution in [0.1, 0.15) is 72.1 Å². The zero-order valence-corrected chi connectivity index (χ0v) is 14.9. The molecule has 5 unspecified atom stereocenters. The van der Waals surface area contributed by atoms with Crippen molar-refractivity contribution in [2.24, 2.45) is 29.6 Å². The van der Waals surface area contributed by atoms with Gasteiger partial charge in [-0.3, -0.25) is 0 Å². The van der Waals surface area contributed by atoms with Gasteiger partial charge in [0.15, 0.2) is 0 Å². The normalized spacial score (nSPS) is 36.3. The second-order valence-corrected chi connectivity index (χ2v) is 7.96. The Morgan fingerprint density at radius 1 is 1.18 bits per heavy atom. The first-order chi connectivity index (χ1) is 10.7. The minimum absolute atomic E-state index is 0.996. The number of rotatable bonds is 7. The van der Waals surface area contributed by atoms with Crippen molar-refractivity contribution < 1.29 is 0 Å². The second kappa shape index (κ2) is 7.20. The molecule has 2 saturated carbocycles. The van der Waals surface area contributed by atoms with Gasteiger partial charge < -0.3 is 0 Å². The Morgan fingerprint density at radius 3 is 2.73 bits per heavy atom. The van der Waals surface area contributed by atoms with Gasteiger partial charge in [0.05, 0.1) is 0 Å². The van der Waals surface area contributed by atoms with Crippen LogP contribution in [0.2, 0.25) is 0 Å². The second-order valence-electron chi connectivity index (χ2n) is 7.96. The Hall–Kier alpha value is -0.780. The van der Waals surface area contributed by atoms with Crippen LogP contribution in [0.5, 0.6) is 0 Å². The van der Waals surface area contributed by atoms with Gasteiger partial charge >= 0.3 is 0 Å². The van der Waals surface area contributed by atoms with E-state index in [4.69, 9.17) is 0 Å². The largest absolute Gasteiger partial charge is 0.0804 e. The molecule has 0 heterocycles. The van der Waals surface area contributed by atoms with Crippen LogP contribution in [-0.2, 0) is 0 Å². The predicted octanol–water partition coefficient (Wildman–Crippen LogP) is 6.70. The summed E-state index contributed by atoms with van der Waals surface area (Å²) in [6, 6.07) is 0. The van der Waals surface area contributed by atoms with Crippen LogP contribution >= 0.6 is 0 Å². The Labute approximate surface area is 137 Å². The van der Waals surface area contributed by atoms with E-state index in [2.05, 4.69) is 45.1 Å². The summed E-state index contributed by atoms with van der Waals surface area (Å²) in [6.07, 6.45) is 20.8. The summed E-state index contributed by atoms with van der Waals surface area (Å²) in [7, 11) is 0. The Kier molecular flexibility index (Phi) is 5.26. The van der Waals surface area contributed by atoms with E-state index < -0.39 is 0 Å². The van der Waals surface area contributed by atoms with Crippen molar-refractivity contribution in [3.8, 4) is 0 Å². The fourth-order valence-corrected chi connectivity index (χ4v) is 5.46. The van der Waals surface area contributed by atoms with Crippen LogP contribution in [0, 0.1) is 29.6 Å². The summed E-state index contributed by atoms with van der Waals surface area (Å²) in [5.74, 6) is 5.36. The van der Waals surface area contributed by atoms with Crippen LogP contribution in [0.4, 0.5) is 0 Å². The summed E-state index contributed by atoms with van der Waals surface area (Å²) < 4.78 is 0. The van der Waals surface area contributed by atoms with E-state index in [0.717, 1.165) is 29.6 Å². The third kappa shape index (κ3) is 3.26. The molecule has 0 aromatic carbocycles. The summed E-state index contributed by atoms with van der Waals surface area (Å²) in [6.45, 7) is 6.95. The molecule has 0 spiro atoms. The van der Waals surface area contributed by atoms with E-state index in [1.54, 1.807) is 24.8 Å². The highest BCUT2D eigenvalue weighted by Gasteiger charge is 2.47. The smallest absolute Gasteiger partial charge is 0.0279 e. The van der Waals surface area contributed by atoms with Crippen LogP contribution < -0.4 is 0 Å². The van der Waals surface area contributed by atoms with E-state index in [1.165, 1.54) is 37.7 Å². The average molecular weight is 299 g/mol. The molecule has 5 atom stereocenters. The van der Waals surface area contributed by atoms with Crippen molar-refractivity contribution in [3.63, 3.8) is 0 Å². The number of allylic oxidation sites excluding steroid dienone is 6. The highest BCUT2D eigenvalue weighted by Crippen LogP contribution is 2.56. The molecular formula is C22H34. The third-order valence-electron chi connectivity index (χ3n) is 6.93. The topological polar surface area (TPSA) is 0 Å². The van der Waals surface area contributed by atoms with Crippen molar-refractivity contribution in [2.75, 3.05) is 0 Å². The molecule has 3 rings (SSSR count). The molecule has 0 aromatic heterocycles. The predicted molar refractivity (Wildman–Crippen MR) is 96.7 cm³/mol. The average Bonchev–Trinajstić information content (AvgIpc) is 3.10. The third-order valence-corrected chi connectivity index (χ3v) is 6.93. The zero-order valence-electron chi connectivity index (χ0n) is 14.9. The number of hydrogen-bond donors (Lipinski definition) is 0. The van der Waals surface area contributed by atoms with Crippen LogP contribution in [0.15, 0.2) is 35.5 Å². The molecule has 0 nitrogen and oxygen atoms in total. The standard InChI is InChI=1S/C22H34/c1-4-16-10-11-17(12-16)8-7-9-18(5-2)20-14-21-13-19(6-3)22(21)15-20/h4,10-12,18-22H,5-9,13-15H2,1-3H3/b16-4-. The molecular weight excluding hydrogens is 264 g/mol. The van der Waals surface area contributed by atoms with E-state index in [1.807, 2.05) is 0 Å². The van der Waals surface area contributed by atoms with E-state index in [9.17, 15) is 0 Å². The summed E-state index contributed by atoms with van der Waals surface area (Å²) in [5, 5.41) is 0. The fraction of sp³-hybridized carbons (Fsp3) is 0.727. The lowest BCUT2D eigenvalue weighted by molar-refractivity contribution is 0.0995. The highest BCUT2D eigenvalue weighted by molar-refractivity contribution is 5.45. The summed E-state index contributed by atoms with van der Waals surface area (Å²) in [5.41, 5.74) is 2.93. The minimum atomic E-state index is 0.996. The van der Waals surface area contributed by atoms with E-state index in [0.29, 0.717) is 0 Å². The number of hydrogen-bond acceptors (Lipinski definition) is 0. The number of fused-ring (bicyclic) bond motifs is 1. The maximum atomic E-state index is 2.43. The van der Waals surface area contributed by atoms with E-state index in [-0.39, 0.29) is 0 Å². The molecule has 0 heteroatoms. The van der Waals surface area contributed by atoms with Gasteiger partial charge in [-0.15, -0.1) is 0 Å². The van der Waals surface area contributed by atoms with Gasteiger partial charge in [0.25, 0.3) is 0 Å². The molecule has 3 aliphatic carbocycles. The highest BCUT2D eigenvalue weighted by atomic mass is 14.5. The molecule has 0 saturated heterocycles. The summed E-state index contributed by atoms with van der Waals surface area (Å²) >= 11 is 0. The summed E-state index contributed by atoms with van der Waals surface area (Å²) in [4.78, 5) is 0. The first-order valence-corrected chi connectivity index (χ1v) is 9.80. The van der Waals surface area contributed by atoms with Crippen molar-refractivity contribution >= 4 is 0 Å². The van der Waals surface area contributed by atoms with Crippen LogP contribution in [0.25, 0.3) is 0 Å². The maximum absolute atomic E-state index is 2.43. The minimum Gasteiger partial charge on any atom is -0.0804 e. The molecule has 0 radical (unpaired) electrons. The maximum Gasteiger partial charge on any atom is -0.0279 e. The molecule has 3 aliphatic rings. The Morgan fingerprint density at radius 2 is 2.05 bits per heavy atom. The van der Waals surface area contributed by atoms with Gasteiger partial charge in [0.1, 0.15) is 0 Å².